The van der Waals surface area contributed by atoms with Crippen LogP contribution in [0.3, 0.4) is 0 Å². The van der Waals surface area contributed by atoms with E-state index in [0.717, 1.165) is 0 Å². The second-order valence-electron chi connectivity index (χ2n) is 3.97. The number of carboxylic acid groups (broad SMARTS) is 1. The van der Waals surface area contributed by atoms with Gasteiger partial charge in [0.15, 0.2) is 0 Å². The number of phenolic OH excluding ortho intramolecular Hbond substituents is 1. The van der Waals surface area contributed by atoms with Gasteiger partial charge in [0.2, 0.25) is 0 Å². The average Bonchev–Trinajstić information content (AvgIpc) is 2.29. The number of aromatic hydroxyl groups is 1. The molecule has 0 aliphatic carbocycles. The second kappa shape index (κ2) is 6.26. The number of carbonyl (C=O) groups is 2. The van der Waals surface area contributed by atoms with Crippen LogP contribution in [-0.4, -0.2) is 28.1 Å². The van der Waals surface area contributed by atoms with Gasteiger partial charge in [-0.1, -0.05) is 11.6 Å². The molecule has 1 amide bonds. The average molecular weight is 272 g/mol. The van der Waals surface area contributed by atoms with E-state index in [2.05, 4.69) is 5.32 Å². The third-order valence-electron chi connectivity index (χ3n) is 2.37. The van der Waals surface area contributed by atoms with Gasteiger partial charge in [-0.3, -0.25) is 9.59 Å². The highest BCUT2D eigenvalue weighted by molar-refractivity contribution is 6.31. The van der Waals surface area contributed by atoms with Gasteiger partial charge in [-0.05, 0) is 31.5 Å². The van der Waals surface area contributed by atoms with E-state index in [1.165, 1.54) is 18.2 Å². The maximum absolute atomic E-state index is 11.8. The first kappa shape index (κ1) is 14.3. The number of hydrogen-bond acceptors (Lipinski definition) is 3. The highest BCUT2D eigenvalue weighted by Gasteiger charge is 2.14. The number of amides is 1. The molecule has 0 fully saturated rings. The molecule has 3 N–H and O–H groups in total. The van der Waals surface area contributed by atoms with Crippen LogP contribution in [0.15, 0.2) is 18.2 Å². The van der Waals surface area contributed by atoms with Gasteiger partial charge in [-0.25, -0.2) is 0 Å². The molecule has 0 bridgehead atoms. The van der Waals surface area contributed by atoms with E-state index in [0.29, 0.717) is 11.4 Å². The molecule has 0 saturated heterocycles. The van der Waals surface area contributed by atoms with Crippen LogP contribution in [0.25, 0.3) is 0 Å². The van der Waals surface area contributed by atoms with Crippen molar-refractivity contribution in [2.24, 2.45) is 0 Å². The predicted octanol–water partition coefficient (Wildman–Crippen LogP) is 2.03. The summed E-state index contributed by atoms with van der Waals surface area (Å²) in [6, 6.07) is 3.86. The van der Waals surface area contributed by atoms with E-state index in [4.69, 9.17) is 16.7 Å². The fourth-order valence-electron chi connectivity index (χ4n) is 1.40. The van der Waals surface area contributed by atoms with Crippen LogP contribution in [0.2, 0.25) is 5.02 Å². The molecule has 0 heterocycles. The minimum Gasteiger partial charge on any atom is -0.507 e. The Balaban J connectivity index is 2.64. The summed E-state index contributed by atoms with van der Waals surface area (Å²) in [6.45, 7) is 1.70. The number of aliphatic carboxylic acids is 1. The molecule has 6 heteroatoms. The number of benzene rings is 1. The highest BCUT2D eigenvalue weighted by atomic mass is 35.5. The summed E-state index contributed by atoms with van der Waals surface area (Å²) in [5.74, 6) is -1.56. The van der Waals surface area contributed by atoms with Gasteiger partial charge in [0.25, 0.3) is 5.91 Å². The van der Waals surface area contributed by atoms with Crippen LogP contribution in [0.1, 0.15) is 30.1 Å². The smallest absolute Gasteiger partial charge is 0.303 e. The summed E-state index contributed by atoms with van der Waals surface area (Å²) >= 11 is 5.73. The molecule has 5 nitrogen and oxygen atoms in total. The minimum atomic E-state index is -0.915. The molecule has 1 atom stereocenters. The topological polar surface area (TPSA) is 86.6 Å². The summed E-state index contributed by atoms with van der Waals surface area (Å²) in [7, 11) is 0. The van der Waals surface area contributed by atoms with Gasteiger partial charge < -0.3 is 15.5 Å². The molecule has 0 spiro atoms. The largest absolute Gasteiger partial charge is 0.507 e. The van der Waals surface area contributed by atoms with E-state index >= 15 is 0 Å². The van der Waals surface area contributed by atoms with Crippen LogP contribution in [0.5, 0.6) is 5.75 Å². The Morgan fingerprint density at radius 1 is 1.44 bits per heavy atom. The van der Waals surface area contributed by atoms with E-state index in [9.17, 15) is 14.7 Å². The molecule has 0 saturated carbocycles. The third-order valence-corrected chi connectivity index (χ3v) is 2.61. The molecule has 0 aliphatic heterocycles. The van der Waals surface area contributed by atoms with Gasteiger partial charge in [-0.15, -0.1) is 0 Å². The summed E-state index contributed by atoms with van der Waals surface area (Å²) < 4.78 is 0. The van der Waals surface area contributed by atoms with Crippen molar-refractivity contribution in [3.05, 3.63) is 28.8 Å². The lowest BCUT2D eigenvalue weighted by molar-refractivity contribution is -0.137. The zero-order valence-corrected chi connectivity index (χ0v) is 10.6. The van der Waals surface area contributed by atoms with Crippen molar-refractivity contribution >= 4 is 23.5 Å². The number of carboxylic acids is 1. The van der Waals surface area contributed by atoms with Crippen molar-refractivity contribution in [1.29, 1.82) is 0 Å². The number of phenols is 1. The van der Waals surface area contributed by atoms with Crippen molar-refractivity contribution in [2.45, 2.75) is 25.8 Å². The van der Waals surface area contributed by atoms with Crippen LogP contribution in [-0.2, 0) is 4.79 Å². The highest BCUT2D eigenvalue weighted by Crippen LogP contribution is 2.21. The Bertz CT molecular complexity index is 461. The Kier molecular flexibility index (Phi) is 4.97. The zero-order chi connectivity index (χ0) is 13.7. The molecular weight excluding hydrogens is 258 g/mol. The molecule has 1 unspecified atom stereocenters. The van der Waals surface area contributed by atoms with E-state index in [1.807, 2.05) is 0 Å². The monoisotopic (exact) mass is 271 g/mol. The standard InChI is InChI=1S/C12H14ClNO4/c1-7(2-5-11(16)17)14-12(18)9-6-8(13)3-4-10(9)15/h3-4,6-7,15H,2,5H2,1H3,(H,14,18)(H,16,17). The Hall–Kier alpha value is -1.75. The number of rotatable bonds is 5. The quantitative estimate of drug-likeness (QED) is 0.765. The second-order valence-corrected chi connectivity index (χ2v) is 4.40. The summed E-state index contributed by atoms with van der Waals surface area (Å²) in [5, 5.41) is 21.0. The normalized spacial score (nSPS) is 11.9. The number of carbonyl (C=O) groups excluding carboxylic acids is 1. The van der Waals surface area contributed by atoms with Gasteiger partial charge in [-0.2, -0.15) is 0 Å². The molecule has 0 aliphatic rings. The molecule has 1 rings (SSSR count). The molecule has 18 heavy (non-hydrogen) atoms. The lowest BCUT2D eigenvalue weighted by Crippen LogP contribution is -2.33. The Labute approximate surface area is 109 Å². The first-order chi connectivity index (χ1) is 8.40. The van der Waals surface area contributed by atoms with Crippen molar-refractivity contribution in [1.82, 2.24) is 5.32 Å². The van der Waals surface area contributed by atoms with E-state index < -0.39 is 11.9 Å². The van der Waals surface area contributed by atoms with Crippen molar-refractivity contribution in [2.75, 3.05) is 0 Å². The summed E-state index contributed by atoms with van der Waals surface area (Å²) in [5.41, 5.74) is 0.0738. The fraction of sp³-hybridized carbons (Fsp3) is 0.333. The van der Waals surface area contributed by atoms with Gasteiger partial charge in [0.05, 0.1) is 5.56 Å². The van der Waals surface area contributed by atoms with Crippen LogP contribution < -0.4 is 5.32 Å². The van der Waals surface area contributed by atoms with Crippen LogP contribution >= 0.6 is 11.6 Å². The first-order valence-electron chi connectivity index (χ1n) is 5.41. The Morgan fingerprint density at radius 2 is 2.11 bits per heavy atom. The molecule has 98 valence electrons. The lowest BCUT2D eigenvalue weighted by atomic mass is 10.1. The van der Waals surface area contributed by atoms with Crippen molar-refractivity contribution in [3.8, 4) is 5.75 Å². The fourth-order valence-corrected chi connectivity index (χ4v) is 1.58. The van der Waals surface area contributed by atoms with Gasteiger partial charge in [0.1, 0.15) is 5.75 Å². The molecular formula is C12H14ClNO4. The molecule has 1 aromatic rings. The summed E-state index contributed by atoms with van der Waals surface area (Å²) in [6.07, 6.45) is 0.297. The number of nitrogens with one attached hydrogen (secondary N) is 1. The third kappa shape index (κ3) is 4.25. The molecule has 0 radical (unpaired) electrons. The van der Waals surface area contributed by atoms with Gasteiger partial charge >= 0.3 is 5.97 Å². The first-order valence-corrected chi connectivity index (χ1v) is 5.79. The summed E-state index contributed by atoms with van der Waals surface area (Å²) in [4.78, 5) is 22.2. The molecule has 0 aromatic heterocycles. The van der Waals surface area contributed by atoms with E-state index in [-0.39, 0.29) is 23.8 Å². The zero-order valence-electron chi connectivity index (χ0n) is 9.81. The van der Waals surface area contributed by atoms with Crippen molar-refractivity contribution < 1.29 is 19.8 Å². The Morgan fingerprint density at radius 3 is 2.72 bits per heavy atom. The maximum Gasteiger partial charge on any atom is 0.303 e. The number of hydrogen-bond donors (Lipinski definition) is 3. The van der Waals surface area contributed by atoms with Crippen LogP contribution in [0, 0.1) is 0 Å². The maximum atomic E-state index is 11.8. The molecule has 1 aromatic carbocycles. The van der Waals surface area contributed by atoms with E-state index in [1.54, 1.807) is 6.92 Å². The minimum absolute atomic E-state index is 0.0248. The van der Waals surface area contributed by atoms with Crippen LogP contribution in [0.4, 0.5) is 0 Å². The van der Waals surface area contributed by atoms with Gasteiger partial charge in [0, 0.05) is 17.5 Å². The predicted molar refractivity (Wildman–Crippen MR) is 66.9 cm³/mol. The van der Waals surface area contributed by atoms with Crippen molar-refractivity contribution in [3.63, 3.8) is 0 Å². The lowest BCUT2D eigenvalue weighted by Gasteiger charge is -2.13. The number of halogens is 1. The SMILES string of the molecule is CC(CCC(=O)O)NC(=O)c1cc(Cl)ccc1O.